The molecule has 0 bridgehead atoms. The molecule has 6 heteroatoms. The van der Waals surface area contributed by atoms with Crippen molar-refractivity contribution in [3.63, 3.8) is 0 Å². The Morgan fingerprint density at radius 3 is 2.94 bits per heavy atom. The first kappa shape index (κ1) is 11.3. The monoisotopic (exact) mass is 248 g/mol. The van der Waals surface area contributed by atoms with Gasteiger partial charge in [-0.1, -0.05) is 18.2 Å². The summed E-state index contributed by atoms with van der Waals surface area (Å²) in [4.78, 5) is 0. The molecule has 0 amide bonds. The van der Waals surface area contributed by atoms with Crippen molar-refractivity contribution in [2.45, 2.75) is 30.9 Å². The molecule has 2 aromatic rings. The molecule has 2 unspecified atom stereocenters. The molecule has 2 atom stereocenters. The van der Waals surface area contributed by atoms with E-state index >= 15 is 0 Å². The standard InChI is InChI=1S/C12H13FN4O/c13-11-4-2-1-3-10(11)12(18)6-5-9(7-12)17-8-14-15-16-17/h1-4,8-9,18H,5-7H2. The molecule has 1 aliphatic carbocycles. The van der Waals surface area contributed by atoms with Crippen LogP contribution in [0.3, 0.4) is 0 Å². The van der Waals surface area contributed by atoms with E-state index in [4.69, 9.17) is 0 Å². The molecule has 1 aromatic carbocycles. The zero-order chi connectivity index (χ0) is 12.6. The Kier molecular flexibility index (Phi) is 2.59. The highest BCUT2D eigenvalue weighted by Crippen LogP contribution is 2.44. The summed E-state index contributed by atoms with van der Waals surface area (Å²) in [5, 5.41) is 21.6. The fourth-order valence-corrected chi connectivity index (χ4v) is 2.64. The first-order valence-corrected chi connectivity index (χ1v) is 5.89. The molecule has 0 saturated heterocycles. The lowest BCUT2D eigenvalue weighted by Crippen LogP contribution is -2.24. The molecule has 5 nitrogen and oxygen atoms in total. The van der Waals surface area contributed by atoms with Crippen LogP contribution in [0.4, 0.5) is 4.39 Å². The van der Waals surface area contributed by atoms with Gasteiger partial charge in [0.2, 0.25) is 0 Å². The zero-order valence-electron chi connectivity index (χ0n) is 9.70. The second-order valence-corrected chi connectivity index (χ2v) is 4.70. The van der Waals surface area contributed by atoms with Gasteiger partial charge in [0.1, 0.15) is 12.1 Å². The van der Waals surface area contributed by atoms with Crippen molar-refractivity contribution in [1.29, 1.82) is 0 Å². The summed E-state index contributed by atoms with van der Waals surface area (Å²) in [7, 11) is 0. The van der Waals surface area contributed by atoms with Gasteiger partial charge in [-0.15, -0.1) is 5.10 Å². The topological polar surface area (TPSA) is 63.8 Å². The zero-order valence-corrected chi connectivity index (χ0v) is 9.70. The average Bonchev–Trinajstić information content (AvgIpc) is 2.99. The van der Waals surface area contributed by atoms with Gasteiger partial charge in [-0.05, 0) is 29.3 Å². The predicted molar refractivity (Wildman–Crippen MR) is 61.0 cm³/mol. The lowest BCUT2D eigenvalue weighted by atomic mass is 9.91. The maximum absolute atomic E-state index is 13.7. The second-order valence-electron chi connectivity index (χ2n) is 4.70. The van der Waals surface area contributed by atoms with Crippen LogP contribution in [0.2, 0.25) is 0 Å². The first-order chi connectivity index (χ1) is 8.69. The summed E-state index contributed by atoms with van der Waals surface area (Å²) in [5.41, 5.74) is -0.761. The molecular weight excluding hydrogens is 235 g/mol. The molecule has 1 aliphatic rings. The van der Waals surface area contributed by atoms with Crippen LogP contribution < -0.4 is 0 Å². The molecule has 0 aliphatic heterocycles. The van der Waals surface area contributed by atoms with Crippen LogP contribution in [-0.2, 0) is 5.60 Å². The number of benzene rings is 1. The quantitative estimate of drug-likeness (QED) is 0.873. The van der Waals surface area contributed by atoms with Gasteiger partial charge in [0.15, 0.2) is 0 Å². The Morgan fingerprint density at radius 2 is 2.22 bits per heavy atom. The van der Waals surface area contributed by atoms with E-state index in [0.29, 0.717) is 18.4 Å². The van der Waals surface area contributed by atoms with Crippen LogP contribution >= 0.6 is 0 Å². The van der Waals surface area contributed by atoms with Crippen molar-refractivity contribution in [3.8, 4) is 0 Å². The number of rotatable bonds is 2. The molecule has 0 radical (unpaired) electrons. The molecule has 1 heterocycles. The Morgan fingerprint density at radius 1 is 1.39 bits per heavy atom. The van der Waals surface area contributed by atoms with E-state index in [1.165, 1.54) is 12.4 Å². The van der Waals surface area contributed by atoms with Crippen molar-refractivity contribution < 1.29 is 9.50 Å². The first-order valence-electron chi connectivity index (χ1n) is 5.89. The van der Waals surface area contributed by atoms with Crippen LogP contribution in [0, 0.1) is 5.82 Å². The highest BCUT2D eigenvalue weighted by Gasteiger charge is 2.41. The molecule has 94 valence electrons. The summed E-state index contributed by atoms with van der Waals surface area (Å²) in [6, 6.07) is 6.38. The summed E-state index contributed by atoms with van der Waals surface area (Å²) in [5.74, 6) is -0.364. The SMILES string of the molecule is OC1(c2ccccc2F)CCC(n2cnnn2)C1. The number of nitrogens with zero attached hydrogens (tertiary/aromatic N) is 4. The van der Waals surface area contributed by atoms with Crippen LogP contribution in [0.25, 0.3) is 0 Å². The number of tetrazole rings is 1. The van der Waals surface area contributed by atoms with Crippen molar-refractivity contribution in [1.82, 2.24) is 20.2 Å². The fraction of sp³-hybridized carbons (Fsp3) is 0.417. The Hall–Kier alpha value is -1.82. The van der Waals surface area contributed by atoms with Crippen molar-refractivity contribution in [2.75, 3.05) is 0 Å². The summed E-state index contributed by atoms with van der Waals surface area (Å²) < 4.78 is 15.4. The van der Waals surface area contributed by atoms with Gasteiger partial charge in [0, 0.05) is 12.0 Å². The van der Waals surface area contributed by atoms with Gasteiger partial charge >= 0.3 is 0 Å². The Labute approximate surface area is 103 Å². The summed E-state index contributed by atoms with van der Waals surface area (Å²) >= 11 is 0. The number of hydrogen-bond donors (Lipinski definition) is 1. The molecule has 18 heavy (non-hydrogen) atoms. The third kappa shape index (κ3) is 1.78. The third-order valence-corrected chi connectivity index (χ3v) is 3.58. The van der Waals surface area contributed by atoms with Crippen molar-refractivity contribution >= 4 is 0 Å². The van der Waals surface area contributed by atoms with Crippen LogP contribution in [0.5, 0.6) is 0 Å². The van der Waals surface area contributed by atoms with Crippen molar-refractivity contribution in [3.05, 3.63) is 42.0 Å². The van der Waals surface area contributed by atoms with Gasteiger partial charge < -0.3 is 5.11 Å². The maximum atomic E-state index is 13.7. The van der Waals surface area contributed by atoms with E-state index in [0.717, 1.165) is 6.42 Å². The van der Waals surface area contributed by atoms with Crippen LogP contribution in [0.1, 0.15) is 30.9 Å². The molecule has 3 rings (SSSR count). The molecule has 1 N–H and O–H groups in total. The smallest absolute Gasteiger partial charge is 0.138 e. The minimum absolute atomic E-state index is 0.0182. The largest absolute Gasteiger partial charge is 0.385 e. The molecule has 0 spiro atoms. The van der Waals surface area contributed by atoms with E-state index in [2.05, 4.69) is 15.5 Å². The molecule has 1 fully saturated rings. The highest BCUT2D eigenvalue weighted by atomic mass is 19.1. The van der Waals surface area contributed by atoms with Gasteiger partial charge in [-0.3, -0.25) is 0 Å². The fourth-order valence-electron chi connectivity index (χ4n) is 2.64. The predicted octanol–water partition coefficient (Wildman–Crippen LogP) is 1.42. The molecule has 1 aromatic heterocycles. The number of hydrogen-bond acceptors (Lipinski definition) is 4. The minimum Gasteiger partial charge on any atom is -0.385 e. The minimum atomic E-state index is -1.12. The van der Waals surface area contributed by atoms with Gasteiger partial charge in [-0.25, -0.2) is 9.07 Å². The lowest BCUT2D eigenvalue weighted by molar-refractivity contribution is 0.0363. The molecular formula is C12H13FN4O. The van der Waals surface area contributed by atoms with Crippen LogP contribution in [-0.4, -0.2) is 25.3 Å². The van der Waals surface area contributed by atoms with E-state index in [1.807, 2.05) is 0 Å². The van der Waals surface area contributed by atoms with Crippen LogP contribution in [0.15, 0.2) is 30.6 Å². The van der Waals surface area contributed by atoms with Gasteiger partial charge in [0.25, 0.3) is 0 Å². The summed E-state index contributed by atoms with van der Waals surface area (Å²) in [6.45, 7) is 0. The second kappa shape index (κ2) is 4.13. The van der Waals surface area contributed by atoms with Crippen molar-refractivity contribution in [2.24, 2.45) is 0 Å². The van der Waals surface area contributed by atoms with Gasteiger partial charge in [-0.2, -0.15) is 0 Å². The normalized spacial score (nSPS) is 27.6. The lowest BCUT2D eigenvalue weighted by Gasteiger charge is -2.23. The van der Waals surface area contributed by atoms with E-state index in [-0.39, 0.29) is 11.9 Å². The van der Waals surface area contributed by atoms with E-state index in [1.54, 1.807) is 22.9 Å². The maximum Gasteiger partial charge on any atom is 0.138 e. The Bertz CT molecular complexity index is 545. The molecule has 1 saturated carbocycles. The average molecular weight is 248 g/mol. The van der Waals surface area contributed by atoms with Gasteiger partial charge in [0.05, 0.1) is 11.6 Å². The third-order valence-electron chi connectivity index (χ3n) is 3.58. The van der Waals surface area contributed by atoms with E-state index < -0.39 is 5.60 Å². The Balaban J connectivity index is 1.88. The number of aliphatic hydroxyl groups is 1. The summed E-state index contributed by atoms with van der Waals surface area (Å²) in [6.07, 6.45) is 3.20. The number of aromatic nitrogens is 4. The number of halogens is 1. The van der Waals surface area contributed by atoms with E-state index in [9.17, 15) is 9.50 Å². The highest BCUT2D eigenvalue weighted by molar-refractivity contribution is 5.25.